The molecule has 1 nitrogen and oxygen atoms in total. The number of hydrogen-bond acceptors (Lipinski definition) is 2. The minimum absolute atomic E-state index is 0.583. The highest BCUT2D eigenvalue weighted by molar-refractivity contribution is 9.10. The van der Waals surface area contributed by atoms with Crippen molar-refractivity contribution in [3.05, 3.63) is 21.9 Å². The summed E-state index contributed by atoms with van der Waals surface area (Å²) in [6.45, 7) is 2.09. The average Bonchev–Trinajstić information content (AvgIpc) is 1.98. The molecule has 11 heavy (non-hydrogen) atoms. The molecule has 0 saturated carbocycles. The van der Waals surface area contributed by atoms with Crippen LogP contribution >= 0.6 is 39.3 Å². The molecule has 4 heteroatoms. The monoisotopic (exact) mass is 251 g/mol. The Morgan fingerprint density at radius 1 is 1.73 bits per heavy atom. The molecule has 0 fully saturated rings. The standard InChI is InChI=1S/C7H7BrClNS/c1-2-11-6-3-5(8)4-10-7(6)9/h3-4H,2H2,1H3. The van der Waals surface area contributed by atoms with Crippen LogP contribution in [0.1, 0.15) is 6.92 Å². The van der Waals surface area contributed by atoms with E-state index in [4.69, 9.17) is 11.6 Å². The second kappa shape index (κ2) is 4.33. The highest BCUT2D eigenvalue weighted by atomic mass is 79.9. The van der Waals surface area contributed by atoms with Gasteiger partial charge in [-0.15, -0.1) is 11.8 Å². The molecule has 0 N–H and O–H groups in total. The lowest BCUT2D eigenvalue weighted by Crippen LogP contribution is -1.80. The Kier molecular flexibility index (Phi) is 3.69. The van der Waals surface area contributed by atoms with Crippen LogP contribution in [-0.2, 0) is 0 Å². The van der Waals surface area contributed by atoms with Gasteiger partial charge in [0.1, 0.15) is 5.15 Å². The molecule has 0 atom stereocenters. The van der Waals surface area contributed by atoms with Gasteiger partial charge >= 0.3 is 0 Å². The Hall–Kier alpha value is 0.270. The van der Waals surface area contributed by atoms with Gasteiger partial charge in [-0.05, 0) is 27.7 Å². The molecule has 0 aliphatic rings. The van der Waals surface area contributed by atoms with Crippen molar-refractivity contribution in [2.45, 2.75) is 11.8 Å². The van der Waals surface area contributed by atoms with Gasteiger partial charge in [-0.3, -0.25) is 0 Å². The SMILES string of the molecule is CCSc1cc(Br)cnc1Cl. The Morgan fingerprint density at radius 3 is 3.09 bits per heavy atom. The van der Waals surface area contributed by atoms with Crippen molar-refractivity contribution < 1.29 is 0 Å². The first kappa shape index (κ1) is 9.36. The molecule has 0 aromatic carbocycles. The fourth-order valence-electron chi connectivity index (χ4n) is 0.661. The summed E-state index contributed by atoms with van der Waals surface area (Å²) >= 11 is 10.8. The molecule has 0 bridgehead atoms. The zero-order valence-electron chi connectivity index (χ0n) is 5.97. The van der Waals surface area contributed by atoms with Crippen molar-refractivity contribution in [3.63, 3.8) is 0 Å². The number of halogens is 2. The molecule has 0 spiro atoms. The second-order valence-corrected chi connectivity index (χ2v) is 4.46. The molecular weight excluding hydrogens is 246 g/mol. The number of thioether (sulfide) groups is 1. The smallest absolute Gasteiger partial charge is 0.142 e. The topological polar surface area (TPSA) is 12.9 Å². The minimum Gasteiger partial charge on any atom is -0.242 e. The van der Waals surface area contributed by atoms with Crippen molar-refractivity contribution in [1.29, 1.82) is 0 Å². The Bertz CT molecular complexity index is 254. The van der Waals surface area contributed by atoms with E-state index in [1.807, 2.05) is 6.07 Å². The maximum Gasteiger partial charge on any atom is 0.142 e. The number of pyridine rings is 1. The summed E-state index contributed by atoms with van der Waals surface area (Å²) in [5.41, 5.74) is 0. The first-order chi connectivity index (χ1) is 5.24. The molecule has 0 aliphatic carbocycles. The van der Waals surface area contributed by atoms with Gasteiger partial charge in [-0.1, -0.05) is 18.5 Å². The van der Waals surface area contributed by atoms with Crippen molar-refractivity contribution in [2.24, 2.45) is 0 Å². The van der Waals surface area contributed by atoms with Crippen molar-refractivity contribution in [3.8, 4) is 0 Å². The van der Waals surface area contributed by atoms with Gasteiger partial charge in [0.15, 0.2) is 0 Å². The van der Waals surface area contributed by atoms with E-state index in [1.165, 1.54) is 0 Å². The normalized spacial score (nSPS) is 10.1. The van der Waals surface area contributed by atoms with Crippen LogP contribution in [-0.4, -0.2) is 10.7 Å². The second-order valence-electron chi connectivity index (χ2n) is 1.88. The van der Waals surface area contributed by atoms with Gasteiger partial charge < -0.3 is 0 Å². The first-order valence-electron chi connectivity index (χ1n) is 3.18. The third-order valence-corrected chi connectivity index (χ3v) is 2.83. The summed E-state index contributed by atoms with van der Waals surface area (Å²) in [5.74, 6) is 1.01. The van der Waals surface area contributed by atoms with Gasteiger partial charge in [0.05, 0.1) is 0 Å². The summed E-state index contributed by atoms with van der Waals surface area (Å²) in [6.07, 6.45) is 1.70. The highest BCUT2D eigenvalue weighted by Gasteiger charge is 2.00. The fourth-order valence-corrected chi connectivity index (χ4v) is 2.10. The van der Waals surface area contributed by atoms with Gasteiger partial charge in [-0.2, -0.15) is 0 Å². The van der Waals surface area contributed by atoms with Crippen LogP contribution in [0.3, 0.4) is 0 Å². The van der Waals surface area contributed by atoms with Crippen LogP contribution in [0.2, 0.25) is 5.15 Å². The summed E-state index contributed by atoms with van der Waals surface area (Å²) in [6, 6.07) is 1.98. The molecule has 0 unspecified atom stereocenters. The predicted octanol–water partition coefficient (Wildman–Crippen LogP) is 3.61. The van der Waals surface area contributed by atoms with Crippen LogP contribution in [0, 0.1) is 0 Å². The minimum atomic E-state index is 0.583. The highest BCUT2D eigenvalue weighted by Crippen LogP contribution is 2.27. The molecular formula is C7H7BrClNS. The number of rotatable bonds is 2. The van der Waals surface area contributed by atoms with E-state index in [-0.39, 0.29) is 0 Å². The third kappa shape index (κ3) is 2.65. The molecule has 0 amide bonds. The van der Waals surface area contributed by atoms with E-state index in [0.717, 1.165) is 15.1 Å². The van der Waals surface area contributed by atoms with Gasteiger partial charge in [0.2, 0.25) is 0 Å². The van der Waals surface area contributed by atoms with Crippen molar-refractivity contribution in [1.82, 2.24) is 4.98 Å². The Morgan fingerprint density at radius 2 is 2.45 bits per heavy atom. The zero-order chi connectivity index (χ0) is 8.27. The van der Waals surface area contributed by atoms with E-state index in [2.05, 4.69) is 27.8 Å². The number of nitrogens with zero attached hydrogens (tertiary/aromatic N) is 1. The summed E-state index contributed by atoms with van der Waals surface area (Å²) in [4.78, 5) is 5.03. The van der Waals surface area contributed by atoms with E-state index in [0.29, 0.717) is 5.15 Å². The molecule has 0 saturated heterocycles. The lowest BCUT2D eigenvalue weighted by Gasteiger charge is -2.00. The van der Waals surface area contributed by atoms with E-state index in [9.17, 15) is 0 Å². The fraction of sp³-hybridized carbons (Fsp3) is 0.286. The Balaban J connectivity index is 2.93. The maximum atomic E-state index is 5.82. The average molecular weight is 253 g/mol. The largest absolute Gasteiger partial charge is 0.242 e. The van der Waals surface area contributed by atoms with Crippen LogP contribution in [0.4, 0.5) is 0 Å². The molecule has 1 heterocycles. The Labute approximate surface area is 83.7 Å². The molecule has 0 radical (unpaired) electrons. The molecule has 1 rings (SSSR count). The lowest BCUT2D eigenvalue weighted by molar-refractivity contribution is 1.22. The maximum absolute atomic E-state index is 5.82. The molecule has 60 valence electrons. The van der Waals surface area contributed by atoms with Gasteiger partial charge in [0, 0.05) is 15.6 Å². The quantitative estimate of drug-likeness (QED) is 0.589. The van der Waals surface area contributed by atoms with Gasteiger partial charge in [0.25, 0.3) is 0 Å². The molecule has 1 aromatic heterocycles. The number of hydrogen-bond donors (Lipinski definition) is 0. The third-order valence-electron chi connectivity index (χ3n) is 1.07. The van der Waals surface area contributed by atoms with Crippen LogP contribution in [0.15, 0.2) is 21.6 Å². The number of aromatic nitrogens is 1. The predicted molar refractivity (Wildman–Crippen MR) is 53.3 cm³/mol. The van der Waals surface area contributed by atoms with Crippen LogP contribution in [0.25, 0.3) is 0 Å². The van der Waals surface area contributed by atoms with Crippen LogP contribution in [0.5, 0.6) is 0 Å². The van der Waals surface area contributed by atoms with E-state index >= 15 is 0 Å². The molecule has 1 aromatic rings. The van der Waals surface area contributed by atoms with Crippen molar-refractivity contribution in [2.75, 3.05) is 5.75 Å². The van der Waals surface area contributed by atoms with Crippen molar-refractivity contribution >= 4 is 39.3 Å². The van der Waals surface area contributed by atoms with E-state index < -0.39 is 0 Å². The van der Waals surface area contributed by atoms with Crippen LogP contribution < -0.4 is 0 Å². The summed E-state index contributed by atoms with van der Waals surface area (Å²) in [5, 5.41) is 0.583. The van der Waals surface area contributed by atoms with Gasteiger partial charge in [-0.25, -0.2) is 4.98 Å². The zero-order valence-corrected chi connectivity index (χ0v) is 9.13. The van der Waals surface area contributed by atoms with E-state index in [1.54, 1.807) is 18.0 Å². The lowest BCUT2D eigenvalue weighted by atomic mass is 10.5. The first-order valence-corrected chi connectivity index (χ1v) is 5.33. The summed E-state index contributed by atoms with van der Waals surface area (Å²) < 4.78 is 0.970. The molecule has 0 aliphatic heterocycles. The summed E-state index contributed by atoms with van der Waals surface area (Å²) in [7, 11) is 0.